The van der Waals surface area contributed by atoms with Crippen LogP contribution in [0.25, 0.3) is 0 Å². The van der Waals surface area contributed by atoms with Crippen LogP contribution in [0.5, 0.6) is 23.0 Å². The Balaban J connectivity index is 0.000000152. The molecule has 0 saturated carbocycles. The van der Waals surface area contributed by atoms with Crippen LogP contribution in [0.15, 0.2) is 144 Å². The summed E-state index contributed by atoms with van der Waals surface area (Å²) in [6.45, 7) is -8.73. The number of aliphatic hydroxyl groups is 8. The second-order valence-electron chi connectivity index (χ2n) is 27.1. The molecule has 0 spiro atoms. The number of hydrogen-bond donors (Lipinski definition) is 12. The summed E-state index contributed by atoms with van der Waals surface area (Å²) in [7, 11) is -18.7. The lowest BCUT2D eigenvalue weighted by Gasteiger charge is -2.33. The van der Waals surface area contributed by atoms with E-state index in [2.05, 4.69) is 20.9 Å². The molecule has 0 aliphatic carbocycles. The molecule has 12 N–H and O–H groups in total. The number of H-pyrrole nitrogens is 3. The highest BCUT2D eigenvalue weighted by atomic mass is 31.2. The van der Waals surface area contributed by atoms with Crippen molar-refractivity contribution in [3.8, 4) is 72.4 Å². The fourth-order valence-corrected chi connectivity index (χ4v) is 16.7. The van der Waals surface area contributed by atoms with Gasteiger partial charge in [-0.15, -0.1) is 25.7 Å². The average Bonchev–Trinajstić information content (AvgIpc) is 1.56. The molecule has 55 heteroatoms. The molecule has 12 heterocycles. The third kappa shape index (κ3) is 19.4. The van der Waals surface area contributed by atoms with Crippen LogP contribution in [0.1, 0.15) is 65.8 Å². The van der Waals surface area contributed by atoms with Crippen LogP contribution in [-0.4, -0.2) is 185 Å². The van der Waals surface area contributed by atoms with Gasteiger partial charge in [-0.25, -0.2) is 67.8 Å². The van der Waals surface area contributed by atoms with Gasteiger partial charge in [-0.2, -0.15) is 0 Å². The summed E-state index contributed by atoms with van der Waals surface area (Å²) in [6.07, 6.45) is -5.68. The van der Waals surface area contributed by atoms with Gasteiger partial charge in [0.15, 0.2) is 24.9 Å². The predicted octanol–water partition coefficient (Wildman–Crippen LogP) is 1.95. The minimum Gasteiger partial charge on any atom is -0.404 e. The van der Waals surface area contributed by atoms with E-state index in [0.717, 1.165) is 85.3 Å². The zero-order valence-corrected chi connectivity index (χ0v) is 67.0. The fourth-order valence-electron chi connectivity index (χ4n) is 12.0. The number of benzene rings is 4. The first-order valence-electron chi connectivity index (χ1n) is 38.4. The van der Waals surface area contributed by atoms with Gasteiger partial charge in [0.2, 0.25) is 0 Å². The number of alkyl halides is 4. The van der Waals surface area contributed by atoms with Crippen molar-refractivity contribution in [1.82, 2.24) is 38.9 Å². The van der Waals surface area contributed by atoms with Crippen molar-refractivity contribution in [1.29, 1.82) is 0 Å². The van der Waals surface area contributed by atoms with Crippen LogP contribution in [-0.2, 0) is 105 Å². The summed E-state index contributed by atoms with van der Waals surface area (Å²) in [5.41, 5.74) is -7.32. The Kier molecular flexibility index (Phi) is 24.4. The molecule has 4 saturated heterocycles. The van der Waals surface area contributed by atoms with Crippen molar-refractivity contribution in [2.75, 3.05) is 26.3 Å². The number of carbonyl (C=O) groups is 1. The molecule has 16 rings (SSSR count). The van der Waals surface area contributed by atoms with Gasteiger partial charge in [0.05, 0.1) is 34.7 Å². The van der Waals surface area contributed by atoms with Crippen LogP contribution in [0.4, 0.5) is 35.1 Å². The van der Waals surface area contributed by atoms with E-state index >= 15 is 17.6 Å². The summed E-state index contributed by atoms with van der Waals surface area (Å²) < 4.78 is 295. The lowest BCUT2D eigenvalue weighted by atomic mass is 10.1. The van der Waals surface area contributed by atoms with Gasteiger partial charge in [0.25, 0.3) is 46.0 Å². The van der Waals surface area contributed by atoms with Gasteiger partial charge in [0.1, 0.15) is 150 Å². The number of rotatable bonds is 16. The maximum atomic E-state index is 15.9. The van der Waals surface area contributed by atoms with Crippen molar-refractivity contribution in [2.45, 2.75) is 124 Å². The number of halogens is 8. The number of carbonyl (C=O) groups excluding carboxylic acids is 1. The SMILES string of the molecule is C#Cc1cn([C@@H]2O[C@](F)(COP3(=O)OCc4cc(F)ccc4O3)[C@@H](O)[C@H]2O)c(=O)[nH]c1=O.[2H]C([2H])(OP1(=O)OCc2cc(F)ccc2O1)[C@@]1(F)O[C@@H](n2cc(C#C)c(=O)[nH]c2=O)[C@H](O)[C@@H]1O.[2H]C([2H])(OP1(=O)OCc2cc(F)ccc2O1)[C@@]1(F)O[C@@]([2H])(N2C=C(C#C)C(=O)NC2=C)[C@H](O)[C@@H]1O.[2H][C@@]1(n2cc(C#C)c(=O)[nH]c2=O)O[C@](F)(COP2(=O)OCc3cc(F)ccc3O2)[C@@H](O)[C@H]1O. The number of aromatic amines is 3. The zero-order chi connectivity index (χ0) is 98.5. The fraction of sp³-hybridized carbons (Fsp3) is 0.329. The Hall–Kier alpha value is -11.3. The van der Waals surface area contributed by atoms with Gasteiger partial charge in [-0.05, 0) is 72.8 Å². The Labute approximate surface area is 716 Å². The molecule has 43 nitrogen and oxygen atoms in total. The zero-order valence-electron chi connectivity index (χ0n) is 69.5. The molecule has 20 atom stereocenters. The lowest BCUT2D eigenvalue weighted by Crippen LogP contribution is -2.47. The summed E-state index contributed by atoms with van der Waals surface area (Å²) in [6, 6.07) is 12.6. The Bertz CT molecular complexity index is 6780. The number of amides is 1. The molecule has 3 aromatic heterocycles. The monoisotopic (exact) mass is 1890 g/mol. The van der Waals surface area contributed by atoms with E-state index in [1.54, 1.807) is 9.97 Å². The number of fused-ring (bicyclic) bond motifs is 4. The molecule has 4 fully saturated rings. The molecule has 1 amide bonds. The first kappa shape index (κ1) is 86.1. The Morgan fingerprint density at radius 3 is 1.13 bits per heavy atom. The molecule has 7 aromatic rings. The molecule has 9 aliphatic heterocycles. The van der Waals surface area contributed by atoms with Crippen molar-refractivity contribution < 1.29 is 180 Å². The van der Waals surface area contributed by atoms with Gasteiger partial charge in [-0.1, -0.05) is 30.3 Å². The molecule has 0 bridgehead atoms. The Morgan fingerprint density at radius 2 is 0.758 bits per heavy atom. The van der Waals surface area contributed by atoms with E-state index in [9.17, 15) is 110 Å². The molecule has 9 aliphatic rings. The summed E-state index contributed by atoms with van der Waals surface area (Å²) in [5, 5.41) is 84.4. The van der Waals surface area contributed by atoms with E-state index in [1.165, 1.54) is 6.07 Å². The Morgan fingerprint density at radius 1 is 0.453 bits per heavy atom. The molecule has 4 aromatic carbocycles. The third-order valence-corrected chi connectivity index (χ3v) is 23.5. The summed E-state index contributed by atoms with van der Waals surface area (Å²) in [5.74, 6) is -10.8. The quantitative estimate of drug-likeness (QED) is 0.0374. The lowest BCUT2D eigenvalue weighted by molar-refractivity contribution is -0.208. The third-order valence-electron chi connectivity index (χ3n) is 18.6. The second-order valence-corrected chi connectivity index (χ2v) is 33.3. The molecular weight excluding hydrogens is 1820 g/mol. The number of aromatic nitrogens is 6. The van der Waals surface area contributed by atoms with Gasteiger partial charge in [0, 0.05) is 47.0 Å². The van der Waals surface area contributed by atoms with Crippen molar-refractivity contribution >= 4 is 37.2 Å². The number of nitrogens with zero attached hydrogens (tertiary/aromatic N) is 4. The first-order chi connectivity index (χ1) is 62.4. The highest BCUT2D eigenvalue weighted by Gasteiger charge is 2.63. The van der Waals surface area contributed by atoms with Crippen LogP contribution in [0.3, 0.4) is 0 Å². The number of aliphatic hydroxyl groups excluding tert-OH is 8. The van der Waals surface area contributed by atoms with Crippen molar-refractivity contribution in [3.63, 3.8) is 0 Å². The van der Waals surface area contributed by atoms with E-state index < -0.39 is 254 Å². The normalized spacial score (nSPS) is 34.3. The molecule has 128 heavy (non-hydrogen) atoms. The smallest absolute Gasteiger partial charge is 0.404 e. The summed E-state index contributed by atoms with van der Waals surface area (Å²) >= 11 is 0. The largest absolute Gasteiger partial charge is 0.530 e. The minimum absolute atomic E-state index is 0.0127. The number of ether oxygens (including phenoxy) is 4. The van der Waals surface area contributed by atoms with Gasteiger partial charge in [-0.3, -0.25) is 84.0 Å². The number of nitrogens with one attached hydrogen (secondary N) is 4. The predicted molar refractivity (Wildman–Crippen MR) is 404 cm³/mol. The molecule has 4 unspecified atom stereocenters. The standard InChI is InChI=1S/C19H17F2N2O8P.3C18H15F2N2O9P/c1-3-11-7-23(10(2)22-17(11)26)18-15(24)16(25)19(21,30-18)9-29-32(27)28-8-12-6-13(20)4-5-14(12)31-32;3*1-2-9-6-22(17(26)21-15(9)25)16-13(23)14(24)18(20,30-16)8-29-32(27)28-7-10-5-11(19)3-4-12(10)31-32/h1,4-7,15-16,18,24-25H,2,8-9H2,(H,22,26);3*1,3-6,13-14,16,23-24H,7-8H2,(H,21,25,26)/t15-,16+,18-,19-,32?;3*13-,14+,16-,18-,32?/m1111/s1/i9D2,18D;16D;8D2;. The molecule has 680 valence electrons. The number of hydrogen-bond acceptors (Lipinski definition) is 36. The molecular formula is C73H62F8N8O35P4. The van der Waals surface area contributed by atoms with Crippen LogP contribution in [0, 0.1) is 72.6 Å². The van der Waals surface area contributed by atoms with E-state index in [4.69, 9.17) is 98.1 Å². The van der Waals surface area contributed by atoms with Crippen molar-refractivity contribution in [3.05, 3.63) is 240 Å². The molecule has 0 radical (unpaired) electrons. The highest BCUT2D eigenvalue weighted by molar-refractivity contribution is 7.49. The first-order valence-corrected chi connectivity index (χ1v) is 41.3. The average molecular weight is 1890 g/mol. The van der Waals surface area contributed by atoms with Crippen LogP contribution < -0.4 is 57.2 Å². The number of phosphoric ester groups is 4. The minimum atomic E-state index is -4.93. The van der Waals surface area contributed by atoms with Crippen LogP contribution in [0.2, 0.25) is 0 Å². The van der Waals surface area contributed by atoms with Crippen LogP contribution >= 0.6 is 31.3 Å². The van der Waals surface area contributed by atoms with Crippen molar-refractivity contribution in [2.24, 2.45) is 0 Å². The summed E-state index contributed by atoms with van der Waals surface area (Å²) in [4.78, 5) is 89.0. The maximum absolute atomic E-state index is 15.9. The maximum Gasteiger partial charge on any atom is 0.530 e. The van der Waals surface area contributed by atoms with E-state index in [-0.39, 0.29) is 67.6 Å². The second kappa shape index (κ2) is 36.3. The highest BCUT2D eigenvalue weighted by Crippen LogP contribution is 2.60. The van der Waals surface area contributed by atoms with E-state index in [1.807, 2.05) is 28.7 Å². The van der Waals surface area contributed by atoms with Gasteiger partial charge >= 0.3 is 48.4 Å². The number of phosphoric acid groups is 4. The topological polar surface area (TPSA) is 575 Å². The van der Waals surface area contributed by atoms with E-state index in [0.29, 0.717) is 20.2 Å². The van der Waals surface area contributed by atoms with Gasteiger partial charge < -0.3 is 88.1 Å². The number of terminal acetylenes is 4.